The summed E-state index contributed by atoms with van der Waals surface area (Å²) in [6, 6.07) is 15.0. The molecule has 0 atom stereocenters. The van der Waals surface area contributed by atoms with E-state index >= 15 is 0 Å². The van der Waals surface area contributed by atoms with Gasteiger partial charge in [-0.05, 0) is 49.5 Å². The highest BCUT2D eigenvalue weighted by Crippen LogP contribution is 2.07. The Morgan fingerprint density at radius 3 is 2.09 bits per heavy atom. The zero-order valence-electron chi connectivity index (χ0n) is 19.6. The Bertz CT molecular complexity index is 922. The van der Waals surface area contributed by atoms with Crippen molar-refractivity contribution in [2.45, 2.75) is 13.1 Å². The van der Waals surface area contributed by atoms with E-state index in [-0.39, 0.29) is 11.8 Å². The van der Waals surface area contributed by atoms with Crippen LogP contribution in [0, 0.1) is 0 Å². The first-order valence-electron chi connectivity index (χ1n) is 10.6. The van der Waals surface area contributed by atoms with Gasteiger partial charge in [-0.3, -0.25) is 14.6 Å². The summed E-state index contributed by atoms with van der Waals surface area (Å²) < 4.78 is 0. The molecule has 172 valence electrons. The lowest BCUT2D eigenvalue weighted by atomic mass is 10.1. The van der Waals surface area contributed by atoms with Crippen LogP contribution in [0.25, 0.3) is 0 Å². The van der Waals surface area contributed by atoms with Crippen molar-refractivity contribution in [3.05, 3.63) is 70.8 Å². The number of nitrogens with zero attached hydrogens (tertiary/aromatic N) is 3. The molecule has 2 aromatic carbocycles. The molecule has 0 saturated heterocycles. The van der Waals surface area contributed by atoms with Gasteiger partial charge in [-0.2, -0.15) is 0 Å². The molecule has 32 heavy (non-hydrogen) atoms. The van der Waals surface area contributed by atoms with Crippen LogP contribution in [-0.4, -0.2) is 75.9 Å². The summed E-state index contributed by atoms with van der Waals surface area (Å²) in [5.41, 5.74) is 3.32. The first kappa shape index (κ1) is 24.9. The molecule has 0 fully saturated rings. The number of benzene rings is 2. The molecule has 2 amide bonds. The van der Waals surface area contributed by atoms with E-state index in [0.29, 0.717) is 36.7 Å². The molecule has 0 heterocycles. The number of nitrogens with one attached hydrogen (secondary N) is 3. The van der Waals surface area contributed by atoms with Crippen molar-refractivity contribution in [3.63, 3.8) is 0 Å². The number of likely N-dealkylation sites (N-methyl/N-ethyl adjacent to an activating group) is 1. The minimum absolute atomic E-state index is 0.0180. The molecule has 8 nitrogen and oxygen atoms in total. The zero-order chi connectivity index (χ0) is 23.5. The van der Waals surface area contributed by atoms with E-state index in [9.17, 15) is 9.59 Å². The quantitative estimate of drug-likeness (QED) is 0.408. The van der Waals surface area contributed by atoms with Crippen molar-refractivity contribution in [1.29, 1.82) is 0 Å². The van der Waals surface area contributed by atoms with Crippen LogP contribution in [0.2, 0.25) is 0 Å². The lowest BCUT2D eigenvalue weighted by molar-refractivity contribution is 0.0827. The summed E-state index contributed by atoms with van der Waals surface area (Å²) in [4.78, 5) is 32.1. The van der Waals surface area contributed by atoms with Crippen molar-refractivity contribution in [2.75, 3.05) is 48.3 Å². The second-order valence-electron chi connectivity index (χ2n) is 7.94. The minimum atomic E-state index is -0.0765. The van der Waals surface area contributed by atoms with E-state index in [1.807, 2.05) is 67.5 Å². The third kappa shape index (κ3) is 8.03. The maximum absolute atomic E-state index is 12.3. The predicted molar refractivity (Wildman–Crippen MR) is 129 cm³/mol. The van der Waals surface area contributed by atoms with Gasteiger partial charge in [0, 0.05) is 58.4 Å². The van der Waals surface area contributed by atoms with Crippen LogP contribution in [-0.2, 0) is 13.1 Å². The summed E-state index contributed by atoms with van der Waals surface area (Å²) in [6.45, 7) is 2.51. The van der Waals surface area contributed by atoms with Crippen molar-refractivity contribution in [2.24, 2.45) is 4.99 Å². The molecule has 0 aliphatic heterocycles. The largest absolute Gasteiger partial charge is 0.352 e. The molecular weight excluding hydrogens is 404 g/mol. The highest BCUT2D eigenvalue weighted by Gasteiger charge is 2.08. The number of carbonyl (C=O) groups excluding carboxylic acids is 2. The molecular formula is C24H34N6O2. The Morgan fingerprint density at radius 1 is 0.844 bits per heavy atom. The molecule has 3 N–H and O–H groups in total. The number of amides is 2. The summed E-state index contributed by atoms with van der Waals surface area (Å²) in [6.07, 6.45) is 0. The van der Waals surface area contributed by atoms with Gasteiger partial charge in [-0.1, -0.05) is 24.3 Å². The fourth-order valence-electron chi connectivity index (χ4n) is 2.93. The normalized spacial score (nSPS) is 11.2. The Balaban J connectivity index is 1.86. The molecule has 2 aromatic rings. The molecule has 0 aromatic heterocycles. The number of rotatable bonds is 9. The molecule has 0 saturated carbocycles. The van der Waals surface area contributed by atoms with Crippen LogP contribution in [0.5, 0.6) is 0 Å². The maximum atomic E-state index is 12.3. The minimum Gasteiger partial charge on any atom is -0.352 e. The van der Waals surface area contributed by atoms with Crippen LogP contribution in [0.1, 0.15) is 31.8 Å². The monoisotopic (exact) mass is 438 g/mol. The highest BCUT2D eigenvalue weighted by molar-refractivity contribution is 5.94. The Labute approximate surface area is 190 Å². The highest BCUT2D eigenvalue weighted by atomic mass is 16.2. The second kappa shape index (κ2) is 12.5. The summed E-state index contributed by atoms with van der Waals surface area (Å²) in [7, 11) is 9.13. The van der Waals surface area contributed by atoms with Gasteiger partial charge < -0.3 is 25.8 Å². The van der Waals surface area contributed by atoms with Gasteiger partial charge in [0.25, 0.3) is 11.8 Å². The van der Waals surface area contributed by atoms with E-state index in [1.165, 1.54) is 0 Å². The third-order valence-electron chi connectivity index (χ3n) is 4.78. The summed E-state index contributed by atoms with van der Waals surface area (Å²) in [5.74, 6) is 0.558. The van der Waals surface area contributed by atoms with Crippen LogP contribution >= 0.6 is 0 Å². The topological polar surface area (TPSA) is 89.1 Å². The first-order chi connectivity index (χ1) is 15.3. The van der Waals surface area contributed by atoms with Crippen molar-refractivity contribution in [3.8, 4) is 0 Å². The van der Waals surface area contributed by atoms with E-state index in [1.54, 1.807) is 26.0 Å². The molecule has 0 aliphatic rings. The SMILES string of the molecule is CN=C(NCc1ccc(C(=O)N(C)C)cc1)NCc1cccc(C(=O)NCCN(C)C)c1. The third-order valence-corrected chi connectivity index (χ3v) is 4.78. The Hall–Kier alpha value is -3.39. The lowest BCUT2D eigenvalue weighted by Gasteiger charge is -2.14. The number of aliphatic imine (C=N–C) groups is 1. The number of hydrogen-bond acceptors (Lipinski definition) is 4. The number of hydrogen-bond donors (Lipinski definition) is 3. The van der Waals surface area contributed by atoms with Gasteiger partial charge in [-0.25, -0.2) is 0 Å². The molecule has 0 radical (unpaired) electrons. The van der Waals surface area contributed by atoms with E-state index < -0.39 is 0 Å². The van der Waals surface area contributed by atoms with Gasteiger partial charge >= 0.3 is 0 Å². The smallest absolute Gasteiger partial charge is 0.253 e. The van der Waals surface area contributed by atoms with Crippen molar-refractivity contribution >= 4 is 17.8 Å². The van der Waals surface area contributed by atoms with Gasteiger partial charge in [-0.15, -0.1) is 0 Å². The van der Waals surface area contributed by atoms with Gasteiger partial charge in [0.2, 0.25) is 0 Å². The molecule has 0 aliphatic carbocycles. The molecule has 0 spiro atoms. The Morgan fingerprint density at radius 2 is 1.50 bits per heavy atom. The summed E-state index contributed by atoms with van der Waals surface area (Å²) in [5, 5.41) is 9.46. The van der Waals surface area contributed by atoms with E-state index in [0.717, 1.165) is 17.7 Å². The van der Waals surface area contributed by atoms with Gasteiger partial charge in [0.1, 0.15) is 0 Å². The zero-order valence-corrected chi connectivity index (χ0v) is 19.6. The number of carbonyl (C=O) groups is 2. The van der Waals surface area contributed by atoms with Crippen LogP contribution in [0.15, 0.2) is 53.5 Å². The lowest BCUT2D eigenvalue weighted by Crippen LogP contribution is -2.36. The Kier molecular flexibility index (Phi) is 9.69. The van der Waals surface area contributed by atoms with Gasteiger partial charge in [0.05, 0.1) is 0 Å². The molecule has 8 heteroatoms. The maximum Gasteiger partial charge on any atom is 0.253 e. The van der Waals surface area contributed by atoms with E-state index in [4.69, 9.17) is 0 Å². The van der Waals surface area contributed by atoms with Crippen molar-refractivity contribution in [1.82, 2.24) is 25.8 Å². The predicted octanol–water partition coefficient (Wildman–Crippen LogP) is 1.55. The van der Waals surface area contributed by atoms with Crippen LogP contribution in [0.3, 0.4) is 0 Å². The van der Waals surface area contributed by atoms with Crippen molar-refractivity contribution < 1.29 is 9.59 Å². The average molecular weight is 439 g/mol. The standard InChI is InChI=1S/C24H34N6O2/c1-25-24(27-16-18-9-11-20(12-10-18)23(32)30(4)5)28-17-19-7-6-8-21(15-19)22(31)26-13-14-29(2)3/h6-12,15H,13-14,16-17H2,1-5H3,(H,26,31)(H2,25,27,28). The second-order valence-corrected chi connectivity index (χ2v) is 7.94. The average Bonchev–Trinajstić information content (AvgIpc) is 2.79. The number of guanidine groups is 1. The van der Waals surface area contributed by atoms with E-state index in [2.05, 4.69) is 20.9 Å². The fraction of sp³-hybridized carbons (Fsp3) is 0.375. The van der Waals surface area contributed by atoms with Gasteiger partial charge in [0.15, 0.2) is 5.96 Å². The van der Waals surface area contributed by atoms with Crippen LogP contribution in [0.4, 0.5) is 0 Å². The first-order valence-corrected chi connectivity index (χ1v) is 10.6. The summed E-state index contributed by atoms with van der Waals surface area (Å²) >= 11 is 0. The molecule has 2 rings (SSSR count). The van der Waals surface area contributed by atoms with Crippen LogP contribution < -0.4 is 16.0 Å². The fourth-order valence-corrected chi connectivity index (χ4v) is 2.93. The molecule has 0 unspecified atom stereocenters. The molecule has 0 bridgehead atoms.